The molecule has 0 spiro atoms. The number of para-hydroxylation sites is 1. The van der Waals surface area contributed by atoms with Gasteiger partial charge in [0.2, 0.25) is 11.8 Å². The zero-order valence-corrected chi connectivity index (χ0v) is 15.8. The summed E-state index contributed by atoms with van der Waals surface area (Å²) in [5, 5.41) is 3.40. The first-order valence-electron chi connectivity index (χ1n) is 7.70. The molecule has 2 amide bonds. The number of hydrogen-bond acceptors (Lipinski definition) is 3. The van der Waals surface area contributed by atoms with E-state index in [1.54, 1.807) is 23.1 Å². The monoisotopic (exact) mass is 393 g/mol. The van der Waals surface area contributed by atoms with Crippen LogP contribution in [0.15, 0.2) is 18.2 Å². The Labute approximate surface area is 158 Å². The number of carbonyl (C=O) groups is 2. The number of anilines is 1. The maximum Gasteiger partial charge on any atom is 0.244 e. The van der Waals surface area contributed by atoms with Crippen LogP contribution < -0.4 is 11.1 Å². The molecule has 1 aliphatic rings. The number of nitrogens with one attached hydrogen (secondary N) is 1. The number of likely N-dealkylation sites (N-methyl/N-ethyl adjacent to an activating group) is 1. The fraction of sp³-hybridized carbons (Fsp3) is 0.500. The van der Waals surface area contributed by atoms with E-state index in [1.807, 2.05) is 6.92 Å². The molecule has 134 valence electrons. The molecule has 1 saturated carbocycles. The van der Waals surface area contributed by atoms with Crippen molar-refractivity contribution in [2.45, 2.75) is 32.2 Å². The van der Waals surface area contributed by atoms with Crippen LogP contribution in [-0.4, -0.2) is 35.8 Å². The Hall–Kier alpha value is -1.01. The molecule has 2 atom stereocenters. The van der Waals surface area contributed by atoms with Crippen LogP contribution in [0.25, 0.3) is 0 Å². The van der Waals surface area contributed by atoms with Crippen molar-refractivity contribution in [2.75, 3.05) is 18.4 Å². The second kappa shape index (κ2) is 9.47. The normalized spacial score (nSPS) is 19.5. The first-order chi connectivity index (χ1) is 10.9. The molecule has 2 rings (SSSR count). The molecule has 0 saturated heterocycles. The average Bonchev–Trinajstić information content (AvgIpc) is 2.94. The Kier molecular flexibility index (Phi) is 8.30. The van der Waals surface area contributed by atoms with E-state index < -0.39 is 0 Å². The van der Waals surface area contributed by atoms with Gasteiger partial charge in [-0.25, -0.2) is 0 Å². The van der Waals surface area contributed by atoms with E-state index in [4.69, 9.17) is 28.9 Å². The van der Waals surface area contributed by atoms with Crippen LogP contribution in [0.2, 0.25) is 10.0 Å². The van der Waals surface area contributed by atoms with Crippen LogP contribution in [0.5, 0.6) is 0 Å². The summed E-state index contributed by atoms with van der Waals surface area (Å²) >= 11 is 12.1. The minimum Gasteiger partial charge on any atom is -0.333 e. The lowest BCUT2D eigenvalue weighted by Gasteiger charge is -2.24. The molecule has 1 fully saturated rings. The van der Waals surface area contributed by atoms with Crippen LogP contribution in [0.1, 0.15) is 26.2 Å². The Bertz CT molecular complexity index is 578. The number of rotatable bonds is 5. The summed E-state index contributed by atoms with van der Waals surface area (Å²) in [6, 6.07) is 5.07. The summed E-state index contributed by atoms with van der Waals surface area (Å²) in [5.74, 6) is -0.417. The molecule has 3 N–H and O–H groups in total. The molecular formula is C16H22Cl3N3O2. The second-order valence-corrected chi connectivity index (χ2v) is 6.58. The van der Waals surface area contributed by atoms with Gasteiger partial charge in [-0.05, 0) is 38.3 Å². The highest BCUT2D eigenvalue weighted by Crippen LogP contribution is 2.30. The van der Waals surface area contributed by atoms with Crippen molar-refractivity contribution in [1.82, 2.24) is 4.90 Å². The molecule has 0 heterocycles. The molecule has 1 aromatic carbocycles. The Balaban J connectivity index is 0.00000288. The van der Waals surface area contributed by atoms with Gasteiger partial charge in [0.15, 0.2) is 0 Å². The number of nitrogens with zero attached hydrogens (tertiary/aromatic N) is 1. The Morgan fingerprint density at radius 1 is 1.29 bits per heavy atom. The largest absolute Gasteiger partial charge is 0.333 e. The lowest BCUT2D eigenvalue weighted by molar-refractivity contribution is -0.138. The van der Waals surface area contributed by atoms with E-state index in [0.717, 1.165) is 12.8 Å². The second-order valence-electron chi connectivity index (χ2n) is 5.77. The van der Waals surface area contributed by atoms with E-state index >= 15 is 0 Å². The van der Waals surface area contributed by atoms with Crippen LogP contribution >= 0.6 is 35.6 Å². The van der Waals surface area contributed by atoms with Gasteiger partial charge in [0.25, 0.3) is 0 Å². The minimum atomic E-state index is -0.322. The highest BCUT2D eigenvalue weighted by molar-refractivity contribution is 6.39. The van der Waals surface area contributed by atoms with E-state index in [0.29, 0.717) is 28.7 Å². The fourth-order valence-electron chi connectivity index (χ4n) is 2.81. The highest BCUT2D eigenvalue weighted by Gasteiger charge is 2.31. The van der Waals surface area contributed by atoms with Crippen LogP contribution in [0, 0.1) is 5.92 Å². The first kappa shape index (κ1) is 21.0. The van der Waals surface area contributed by atoms with Gasteiger partial charge < -0.3 is 16.0 Å². The maximum absolute atomic E-state index is 12.5. The third-order valence-corrected chi connectivity index (χ3v) is 4.71. The third-order valence-electron chi connectivity index (χ3n) is 4.08. The minimum absolute atomic E-state index is 0. The van der Waals surface area contributed by atoms with E-state index in [-0.39, 0.29) is 42.7 Å². The molecule has 0 aromatic heterocycles. The van der Waals surface area contributed by atoms with E-state index in [9.17, 15) is 9.59 Å². The third kappa shape index (κ3) is 5.24. The molecule has 0 bridgehead atoms. The zero-order chi connectivity index (χ0) is 17.0. The zero-order valence-electron chi connectivity index (χ0n) is 13.4. The Morgan fingerprint density at radius 2 is 1.92 bits per heavy atom. The summed E-state index contributed by atoms with van der Waals surface area (Å²) < 4.78 is 0. The highest BCUT2D eigenvalue weighted by atomic mass is 35.5. The lowest BCUT2D eigenvalue weighted by Crippen LogP contribution is -2.41. The fourth-order valence-corrected chi connectivity index (χ4v) is 3.31. The van der Waals surface area contributed by atoms with Crippen molar-refractivity contribution in [3.63, 3.8) is 0 Å². The topological polar surface area (TPSA) is 75.4 Å². The molecule has 0 aliphatic heterocycles. The van der Waals surface area contributed by atoms with Crippen molar-refractivity contribution in [1.29, 1.82) is 0 Å². The molecule has 24 heavy (non-hydrogen) atoms. The van der Waals surface area contributed by atoms with Crippen molar-refractivity contribution >= 4 is 53.1 Å². The summed E-state index contributed by atoms with van der Waals surface area (Å²) in [5.41, 5.74) is 6.23. The van der Waals surface area contributed by atoms with Crippen molar-refractivity contribution in [3.8, 4) is 0 Å². The van der Waals surface area contributed by atoms with E-state index in [1.165, 1.54) is 0 Å². The van der Waals surface area contributed by atoms with Gasteiger partial charge in [-0.2, -0.15) is 0 Å². The van der Waals surface area contributed by atoms with Gasteiger partial charge in [-0.1, -0.05) is 29.3 Å². The number of carbonyl (C=O) groups excluding carboxylic acids is 2. The number of amides is 2. The summed E-state index contributed by atoms with van der Waals surface area (Å²) in [6.45, 7) is 2.29. The quantitative estimate of drug-likeness (QED) is 0.804. The molecule has 1 aromatic rings. The molecule has 5 nitrogen and oxygen atoms in total. The lowest BCUT2D eigenvalue weighted by atomic mass is 10.1. The predicted octanol–water partition coefficient (Wildman–Crippen LogP) is 3.33. The van der Waals surface area contributed by atoms with Crippen LogP contribution in [0.4, 0.5) is 5.69 Å². The summed E-state index contributed by atoms with van der Waals surface area (Å²) in [7, 11) is 0. The molecule has 2 unspecified atom stereocenters. The molecule has 8 heteroatoms. The van der Waals surface area contributed by atoms with Crippen molar-refractivity contribution < 1.29 is 9.59 Å². The van der Waals surface area contributed by atoms with Gasteiger partial charge in [-0.15, -0.1) is 12.4 Å². The average molecular weight is 395 g/mol. The maximum atomic E-state index is 12.5. The molecule has 1 aliphatic carbocycles. The standard InChI is InChI=1S/C16H21Cl2N3O2.ClH/c1-2-21(16(23)10-6-7-11(19)8-10)9-14(22)20-15-12(17)4-3-5-13(15)18;/h3-5,10-11H,2,6-9,19H2,1H3,(H,20,22);1H. The van der Waals surface area contributed by atoms with Gasteiger partial charge in [-0.3, -0.25) is 9.59 Å². The number of nitrogens with two attached hydrogens (primary N) is 1. The molecule has 0 radical (unpaired) electrons. The number of halogens is 3. The van der Waals surface area contributed by atoms with Crippen LogP contribution in [-0.2, 0) is 9.59 Å². The summed E-state index contributed by atoms with van der Waals surface area (Å²) in [4.78, 5) is 26.2. The van der Waals surface area contributed by atoms with Gasteiger partial charge >= 0.3 is 0 Å². The van der Waals surface area contributed by atoms with Gasteiger partial charge in [0, 0.05) is 18.5 Å². The SMILES string of the molecule is CCN(CC(=O)Nc1c(Cl)cccc1Cl)C(=O)C1CCC(N)C1.Cl. The first-order valence-corrected chi connectivity index (χ1v) is 8.46. The molecular weight excluding hydrogens is 373 g/mol. The Morgan fingerprint density at radius 3 is 2.42 bits per heavy atom. The number of hydrogen-bond donors (Lipinski definition) is 2. The van der Waals surface area contributed by atoms with Crippen molar-refractivity contribution in [3.05, 3.63) is 28.2 Å². The number of benzene rings is 1. The van der Waals surface area contributed by atoms with Gasteiger partial charge in [0.1, 0.15) is 0 Å². The van der Waals surface area contributed by atoms with E-state index in [2.05, 4.69) is 5.32 Å². The van der Waals surface area contributed by atoms with Gasteiger partial charge in [0.05, 0.1) is 22.3 Å². The van der Waals surface area contributed by atoms with Crippen molar-refractivity contribution in [2.24, 2.45) is 11.7 Å². The smallest absolute Gasteiger partial charge is 0.244 e. The summed E-state index contributed by atoms with van der Waals surface area (Å²) in [6.07, 6.45) is 2.33. The van der Waals surface area contributed by atoms with Crippen LogP contribution in [0.3, 0.4) is 0 Å². The predicted molar refractivity (Wildman–Crippen MR) is 99.9 cm³/mol.